The monoisotopic (exact) mass is 371 g/mol. The fourth-order valence-electron chi connectivity index (χ4n) is 3.31. The zero-order chi connectivity index (χ0) is 17.2. The second-order valence-corrected chi connectivity index (χ2v) is 7.16. The quantitative estimate of drug-likeness (QED) is 0.656. The highest BCUT2D eigenvalue weighted by Crippen LogP contribution is 2.30. The van der Waals surface area contributed by atoms with Crippen molar-refractivity contribution in [1.82, 2.24) is 9.78 Å². The number of rotatable bonds is 3. The molecule has 0 unspecified atom stereocenters. The Morgan fingerprint density at radius 2 is 1.80 bits per heavy atom. The first-order valence-corrected chi connectivity index (χ1v) is 9.32. The van der Waals surface area contributed by atoms with Crippen molar-refractivity contribution in [3.63, 3.8) is 0 Å². The fraction of sp³-hybridized carbons (Fsp3) is 0.250. The van der Waals surface area contributed by atoms with E-state index < -0.39 is 0 Å². The molecule has 0 spiro atoms. The first kappa shape index (κ1) is 16.5. The molecule has 1 aliphatic rings. The van der Waals surface area contributed by atoms with Crippen LogP contribution in [0.25, 0.3) is 5.69 Å². The third-order valence-corrected chi connectivity index (χ3v) is 5.22. The van der Waals surface area contributed by atoms with Gasteiger partial charge >= 0.3 is 0 Å². The molecule has 1 N–H and O–H groups in total. The molecule has 128 valence electrons. The Kier molecular flexibility index (Phi) is 4.69. The topological polar surface area (TPSA) is 29.9 Å². The van der Waals surface area contributed by atoms with Gasteiger partial charge in [0.2, 0.25) is 0 Å². The normalized spacial score (nSPS) is 13.8. The maximum absolute atomic E-state index is 6.37. The minimum Gasteiger partial charge on any atom is -0.370 e. The molecule has 0 fully saturated rings. The highest BCUT2D eigenvalue weighted by molar-refractivity contribution is 6.31. The Hall–Kier alpha value is -1.97. The van der Waals surface area contributed by atoms with Crippen molar-refractivity contribution in [2.75, 3.05) is 11.9 Å². The zero-order valence-corrected chi connectivity index (χ0v) is 15.3. The van der Waals surface area contributed by atoms with Crippen molar-refractivity contribution in [2.24, 2.45) is 0 Å². The van der Waals surface area contributed by atoms with E-state index in [9.17, 15) is 0 Å². The summed E-state index contributed by atoms with van der Waals surface area (Å²) in [5.74, 6) is 1.10. The maximum Gasteiger partial charge on any atom is 0.133 e. The van der Waals surface area contributed by atoms with Gasteiger partial charge in [-0.25, -0.2) is 4.68 Å². The SMILES string of the molecule is Clc1ccc(-n2nc(Cc3ccccc3Cl)c3c2NCCCC3)cc1. The van der Waals surface area contributed by atoms with E-state index in [2.05, 4.69) is 11.4 Å². The lowest BCUT2D eigenvalue weighted by Gasteiger charge is -2.09. The van der Waals surface area contributed by atoms with Crippen molar-refractivity contribution in [3.8, 4) is 5.69 Å². The van der Waals surface area contributed by atoms with Gasteiger partial charge in [-0.1, -0.05) is 41.4 Å². The van der Waals surface area contributed by atoms with E-state index in [-0.39, 0.29) is 0 Å². The summed E-state index contributed by atoms with van der Waals surface area (Å²) in [5.41, 5.74) is 4.51. The second-order valence-electron chi connectivity index (χ2n) is 6.31. The van der Waals surface area contributed by atoms with Crippen LogP contribution in [0, 0.1) is 0 Å². The molecule has 1 aliphatic heterocycles. The van der Waals surface area contributed by atoms with Crippen molar-refractivity contribution >= 4 is 29.0 Å². The molecule has 3 aromatic rings. The Bertz CT molecular complexity index is 884. The van der Waals surface area contributed by atoms with Gasteiger partial charge in [-0.2, -0.15) is 5.10 Å². The number of benzene rings is 2. The van der Waals surface area contributed by atoms with Gasteiger partial charge in [0.05, 0.1) is 11.4 Å². The second kappa shape index (κ2) is 7.11. The standard InChI is InChI=1S/C20H19Cl2N3/c21-15-8-10-16(11-9-15)25-20-17(6-3-4-12-23-20)19(24-25)13-14-5-1-2-7-18(14)22/h1-2,5,7-11,23H,3-4,6,12-13H2. The predicted octanol–water partition coefficient (Wildman–Crippen LogP) is 5.52. The molecule has 1 aromatic heterocycles. The van der Waals surface area contributed by atoms with E-state index in [1.54, 1.807) is 0 Å². The molecular weight excluding hydrogens is 353 g/mol. The third-order valence-electron chi connectivity index (χ3n) is 4.60. The molecule has 2 aromatic carbocycles. The van der Waals surface area contributed by atoms with Gasteiger partial charge in [-0.15, -0.1) is 0 Å². The lowest BCUT2D eigenvalue weighted by Crippen LogP contribution is -2.07. The molecule has 0 atom stereocenters. The van der Waals surface area contributed by atoms with Gasteiger partial charge < -0.3 is 5.32 Å². The Balaban J connectivity index is 1.79. The smallest absolute Gasteiger partial charge is 0.133 e. The van der Waals surface area contributed by atoms with Crippen LogP contribution in [-0.2, 0) is 12.8 Å². The lowest BCUT2D eigenvalue weighted by atomic mass is 10.0. The van der Waals surface area contributed by atoms with Crippen molar-refractivity contribution < 1.29 is 0 Å². The van der Waals surface area contributed by atoms with E-state index in [0.29, 0.717) is 0 Å². The zero-order valence-electron chi connectivity index (χ0n) is 13.8. The largest absolute Gasteiger partial charge is 0.370 e. The summed E-state index contributed by atoms with van der Waals surface area (Å²) in [6.45, 7) is 0.970. The van der Waals surface area contributed by atoms with Crippen LogP contribution in [-0.4, -0.2) is 16.3 Å². The molecule has 3 nitrogen and oxygen atoms in total. The van der Waals surface area contributed by atoms with Crippen LogP contribution in [0.3, 0.4) is 0 Å². The number of hydrogen-bond acceptors (Lipinski definition) is 2. The van der Waals surface area contributed by atoms with Gasteiger partial charge in [0.15, 0.2) is 0 Å². The number of aromatic nitrogens is 2. The molecule has 0 amide bonds. The number of nitrogens with one attached hydrogen (secondary N) is 1. The average Bonchev–Trinajstić information content (AvgIpc) is 2.80. The summed E-state index contributed by atoms with van der Waals surface area (Å²) >= 11 is 12.4. The van der Waals surface area contributed by atoms with Crippen LogP contribution in [0.4, 0.5) is 5.82 Å². The van der Waals surface area contributed by atoms with Crippen LogP contribution in [0.1, 0.15) is 29.7 Å². The lowest BCUT2D eigenvalue weighted by molar-refractivity contribution is 0.767. The number of anilines is 1. The van der Waals surface area contributed by atoms with Gasteiger partial charge in [0.25, 0.3) is 0 Å². The summed E-state index contributed by atoms with van der Waals surface area (Å²) in [6.07, 6.45) is 4.11. The summed E-state index contributed by atoms with van der Waals surface area (Å²) in [5, 5.41) is 10.0. The average molecular weight is 372 g/mol. The third kappa shape index (κ3) is 3.39. The molecule has 0 aliphatic carbocycles. The van der Waals surface area contributed by atoms with Crippen LogP contribution in [0.2, 0.25) is 10.0 Å². The first-order chi connectivity index (χ1) is 12.2. The fourth-order valence-corrected chi connectivity index (χ4v) is 3.64. The summed E-state index contributed by atoms with van der Waals surface area (Å²) in [6, 6.07) is 15.8. The summed E-state index contributed by atoms with van der Waals surface area (Å²) in [4.78, 5) is 0. The van der Waals surface area contributed by atoms with Crippen molar-refractivity contribution in [1.29, 1.82) is 0 Å². The van der Waals surface area contributed by atoms with E-state index in [0.717, 1.165) is 52.2 Å². The molecule has 25 heavy (non-hydrogen) atoms. The van der Waals surface area contributed by atoms with Crippen LogP contribution in [0.15, 0.2) is 48.5 Å². The maximum atomic E-state index is 6.37. The summed E-state index contributed by atoms with van der Waals surface area (Å²) < 4.78 is 2.00. The van der Waals surface area contributed by atoms with Crippen molar-refractivity contribution in [2.45, 2.75) is 25.7 Å². The van der Waals surface area contributed by atoms with Crippen LogP contribution in [0.5, 0.6) is 0 Å². The predicted molar refractivity (Wildman–Crippen MR) is 104 cm³/mol. The Morgan fingerprint density at radius 3 is 2.60 bits per heavy atom. The number of fused-ring (bicyclic) bond motifs is 1. The molecule has 4 rings (SSSR count). The Labute approximate surface area is 157 Å². The Morgan fingerprint density at radius 1 is 1.00 bits per heavy atom. The summed E-state index contributed by atoms with van der Waals surface area (Å²) in [7, 11) is 0. The minimum absolute atomic E-state index is 0.728. The molecule has 0 saturated carbocycles. The molecule has 2 heterocycles. The van der Waals surface area contributed by atoms with E-state index in [1.165, 1.54) is 18.4 Å². The van der Waals surface area contributed by atoms with Gasteiger partial charge in [0.1, 0.15) is 5.82 Å². The number of nitrogens with zero attached hydrogens (tertiary/aromatic N) is 2. The van der Waals surface area contributed by atoms with Gasteiger partial charge in [0, 0.05) is 28.6 Å². The molecule has 0 saturated heterocycles. The van der Waals surface area contributed by atoms with Crippen molar-refractivity contribution in [3.05, 3.63) is 75.4 Å². The van der Waals surface area contributed by atoms with Crippen LogP contribution >= 0.6 is 23.2 Å². The van der Waals surface area contributed by atoms with E-state index in [1.807, 2.05) is 47.1 Å². The molecule has 0 bridgehead atoms. The van der Waals surface area contributed by atoms with Crippen LogP contribution < -0.4 is 5.32 Å². The highest BCUT2D eigenvalue weighted by Gasteiger charge is 2.21. The van der Waals surface area contributed by atoms with Gasteiger partial charge in [-0.05, 0) is 55.2 Å². The highest BCUT2D eigenvalue weighted by atomic mass is 35.5. The molecular formula is C20H19Cl2N3. The first-order valence-electron chi connectivity index (χ1n) is 8.56. The van der Waals surface area contributed by atoms with Gasteiger partial charge in [-0.3, -0.25) is 0 Å². The molecule has 0 radical (unpaired) electrons. The number of halogens is 2. The van der Waals surface area contributed by atoms with E-state index >= 15 is 0 Å². The number of hydrogen-bond donors (Lipinski definition) is 1. The minimum atomic E-state index is 0.728. The van der Waals surface area contributed by atoms with E-state index in [4.69, 9.17) is 28.3 Å². The molecule has 5 heteroatoms.